The van der Waals surface area contributed by atoms with Gasteiger partial charge < -0.3 is 9.67 Å². The first-order chi connectivity index (χ1) is 8.47. The monoisotopic (exact) mass is 274 g/mol. The van der Waals surface area contributed by atoms with Crippen molar-refractivity contribution >= 4 is 10.0 Å². The summed E-state index contributed by atoms with van der Waals surface area (Å²) in [6.07, 6.45) is 1.27. The predicted octanol–water partition coefficient (Wildman–Crippen LogP) is -0.129. The average Bonchev–Trinajstić information content (AvgIpc) is 2.33. The van der Waals surface area contributed by atoms with E-state index in [2.05, 4.69) is 0 Å². The largest absolute Gasteiger partial charge is 0.395 e. The molecule has 0 radical (unpaired) electrons. The molecule has 1 aromatic heterocycles. The highest BCUT2D eigenvalue weighted by molar-refractivity contribution is 7.89. The maximum Gasteiger partial charge on any atom is 0.250 e. The molecule has 0 atom stereocenters. The first-order valence-corrected chi connectivity index (χ1v) is 7.22. The number of pyridine rings is 1. The summed E-state index contributed by atoms with van der Waals surface area (Å²) in [5, 5.41) is 8.82. The van der Waals surface area contributed by atoms with Gasteiger partial charge >= 0.3 is 0 Å². The molecule has 0 saturated carbocycles. The predicted molar refractivity (Wildman–Crippen MR) is 67.9 cm³/mol. The smallest absolute Gasteiger partial charge is 0.250 e. The second-order valence-electron chi connectivity index (χ2n) is 3.71. The lowest BCUT2D eigenvalue weighted by Crippen LogP contribution is -2.32. The highest BCUT2D eigenvalue weighted by Crippen LogP contribution is 2.13. The van der Waals surface area contributed by atoms with Gasteiger partial charge in [0.1, 0.15) is 0 Å². The van der Waals surface area contributed by atoms with Gasteiger partial charge in [-0.3, -0.25) is 4.79 Å². The summed E-state index contributed by atoms with van der Waals surface area (Å²) in [4.78, 5) is 11.5. The minimum atomic E-state index is -3.57. The fraction of sp³-hybridized carbons (Fsp3) is 0.545. The van der Waals surface area contributed by atoms with Crippen LogP contribution in [0.4, 0.5) is 0 Å². The zero-order chi connectivity index (χ0) is 13.8. The zero-order valence-electron chi connectivity index (χ0n) is 10.5. The molecule has 0 fully saturated rings. The Labute approximate surface area is 107 Å². The summed E-state index contributed by atoms with van der Waals surface area (Å²) in [6, 6.07) is 2.50. The molecule has 7 heteroatoms. The Morgan fingerprint density at radius 1 is 1.28 bits per heavy atom. The van der Waals surface area contributed by atoms with E-state index in [0.29, 0.717) is 13.1 Å². The molecule has 1 rings (SSSR count). The molecule has 102 valence electrons. The molecule has 6 nitrogen and oxygen atoms in total. The number of hydrogen-bond donors (Lipinski definition) is 1. The molecule has 0 amide bonds. The van der Waals surface area contributed by atoms with E-state index in [1.165, 1.54) is 27.2 Å². The van der Waals surface area contributed by atoms with Crippen LogP contribution in [0.1, 0.15) is 13.8 Å². The third kappa shape index (κ3) is 2.98. The van der Waals surface area contributed by atoms with Crippen molar-refractivity contribution in [1.82, 2.24) is 8.87 Å². The van der Waals surface area contributed by atoms with Crippen LogP contribution < -0.4 is 5.56 Å². The fourth-order valence-corrected chi connectivity index (χ4v) is 3.14. The second kappa shape index (κ2) is 6.12. The second-order valence-corrected chi connectivity index (χ2v) is 5.65. The zero-order valence-corrected chi connectivity index (χ0v) is 11.4. The van der Waals surface area contributed by atoms with Gasteiger partial charge in [-0.1, -0.05) is 13.8 Å². The minimum absolute atomic E-state index is 0.0688. The van der Waals surface area contributed by atoms with Crippen LogP contribution in [-0.4, -0.2) is 42.1 Å². The normalized spacial score (nSPS) is 12.0. The molecule has 0 aliphatic heterocycles. The summed E-state index contributed by atoms with van der Waals surface area (Å²) in [5.74, 6) is 0. The molecule has 0 aliphatic carbocycles. The summed E-state index contributed by atoms with van der Waals surface area (Å²) >= 11 is 0. The van der Waals surface area contributed by atoms with Gasteiger partial charge in [0.05, 0.1) is 11.5 Å². The van der Waals surface area contributed by atoms with Crippen LogP contribution in [0, 0.1) is 0 Å². The van der Waals surface area contributed by atoms with Gasteiger partial charge in [0.2, 0.25) is 10.0 Å². The van der Waals surface area contributed by atoms with Crippen LogP contribution in [0.2, 0.25) is 0 Å². The third-order valence-electron chi connectivity index (χ3n) is 2.64. The van der Waals surface area contributed by atoms with E-state index < -0.39 is 10.0 Å². The Hall–Kier alpha value is -1.18. The lowest BCUT2D eigenvalue weighted by Gasteiger charge is -2.18. The van der Waals surface area contributed by atoms with Gasteiger partial charge in [0.25, 0.3) is 5.56 Å². The Morgan fingerprint density at radius 3 is 2.39 bits per heavy atom. The fourth-order valence-electron chi connectivity index (χ4n) is 1.66. The standard InChI is InChI=1S/C11H18N2O4S/c1-3-13(4-2)18(16,17)10-5-6-11(15)12(9-10)7-8-14/h5-6,9,14H,3-4,7-8H2,1-2H3. The van der Waals surface area contributed by atoms with E-state index in [1.54, 1.807) is 13.8 Å². The van der Waals surface area contributed by atoms with Gasteiger partial charge in [-0.15, -0.1) is 0 Å². The van der Waals surface area contributed by atoms with Gasteiger partial charge in [-0.25, -0.2) is 8.42 Å². The van der Waals surface area contributed by atoms with E-state index in [0.717, 1.165) is 0 Å². The number of aliphatic hydroxyl groups is 1. The third-order valence-corrected chi connectivity index (χ3v) is 4.67. The highest BCUT2D eigenvalue weighted by Gasteiger charge is 2.22. The topological polar surface area (TPSA) is 79.6 Å². The Kier molecular flexibility index (Phi) is 5.06. The van der Waals surface area contributed by atoms with E-state index >= 15 is 0 Å². The highest BCUT2D eigenvalue weighted by atomic mass is 32.2. The molecule has 1 heterocycles. The molecular formula is C11H18N2O4S. The van der Waals surface area contributed by atoms with Crippen LogP contribution in [0.3, 0.4) is 0 Å². The minimum Gasteiger partial charge on any atom is -0.395 e. The number of rotatable bonds is 6. The molecule has 0 aromatic carbocycles. The van der Waals surface area contributed by atoms with Crippen LogP contribution >= 0.6 is 0 Å². The van der Waals surface area contributed by atoms with Crippen molar-refractivity contribution in [3.63, 3.8) is 0 Å². The summed E-state index contributed by atoms with van der Waals surface area (Å²) in [5.41, 5.74) is -0.331. The van der Waals surface area contributed by atoms with E-state index in [4.69, 9.17) is 5.11 Å². The first-order valence-electron chi connectivity index (χ1n) is 5.78. The molecule has 1 N–H and O–H groups in total. The van der Waals surface area contributed by atoms with Crippen molar-refractivity contribution in [3.05, 3.63) is 28.7 Å². The van der Waals surface area contributed by atoms with Crippen molar-refractivity contribution < 1.29 is 13.5 Å². The number of nitrogens with zero attached hydrogens (tertiary/aromatic N) is 2. The van der Waals surface area contributed by atoms with E-state index in [1.807, 2.05) is 0 Å². The van der Waals surface area contributed by atoms with E-state index in [9.17, 15) is 13.2 Å². The van der Waals surface area contributed by atoms with Crippen molar-refractivity contribution in [1.29, 1.82) is 0 Å². The van der Waals surface area contributed by atoms with E-state index in [-0.39, 0.29) is 23.6 Å². The lowest BCUT2D eigenvalue weighted by molar-refractivity contribution is 0.273. The Bertz CT molecular complexity index is 546. The molecule has 0 spiro atoms. The van der Waals surface area contributed by atoms with Crippen molar-refractivity contribution in [2.45, 2.75) is 25.3 Å². The Morgan fingerprint density at radius 2 is 1.89 bits per heavy atom. The van der Waals surface area contributed by atoms with Crippen molar-refractivity contribution in [2.24, 2.45) is 0 Å². The van der Waals surface area contributed by atoms with Crippen LogP contribution in [0.25, 0.3) is 0 Å². The Balaban J connectivity index is 3.25. The van der Waals surface area contributed by atoms with Crippen LogP contribution in [0.15, 0.2) is 28.0 Å². The maximum absolute atomic E-state index is 12.2. The maximum atomic E-state index is 12.2. The van der Waals surface area contributed by atoms with Crippen molar-refractivity contribution in [2.75, 3.05) is 19.7 Å². The van der Waals surface area contributed by atoms with Gasteiger partial charge in [-0.2, -0.15) is 4.31 Å². The lowest BCUT2D eigenvalue weighted by atomic mass is 10.4. The van der Waals surface area contributed by atoms with Gasteiger partial charge in [0, 0.05) is 31.9 Å². The molecular weight excluding hydrogens is 256 g/mol. The SMILES string of the molecule is CCN(CC)S(=O)(=O)c1ccc(=O)n(CCO)c1. The number of aliphatic hydroxyl groups excluding tert-OH is 1. The summed E-state index contributed by atoms with van der Waals surface area (Å²) in [7, 11) is -3.57. The molecule has 0 saturated heterocycles. The number of aromatic nitrogens is 1. The first kappa shape index (κ1) is 14.9. The summed E-state index contributed by atoms with van der Waals surface area (Å²) in [6.45, 7) is 4.13. The number of sulfonamides is 1. The molecule has 0 bridgehead atoms. The molecule has 1 aromatic rings. The van der Waals surface area contributed by atoms with Crippen LogP contribution in [0.5, 0.6) is 0 Å². The summed E-state index contributed by atoms with van der Waals surface area (Å²) < 4.78 is 26.9. The average molecular weight is 274 g/mol. The van der Waals surface area contributed by atoms with Gasteiger partial charge in [0.15, 0.2) is 0 Å². The van der Waals surface area contributed by atoms with Gasteiger partial charge in [-0.05, 0) is 6.07 Å². The number of hydrogen-bond acceptors (Lipinski definition) is 4. The molecule has 0 unspecified atom stereocenters. The van der Waals surface area contributed by atoms with Crippen LogP contribution in [-0.2, 0) is 16.6 Å². The molecule has 0 aliphatic rings. The van der Waals surface area contributed by atoms with Crippen molar-refractivity contribution in [3.8, 4) is 0 Å². The molecule has 18 heavy (non-hydrogen) atoms. The quantitative estimate of drug-likeness (QED) is 0.783.